The molecule has 64 valence electrons. The molecule has 2 unspecified atom stereocenters. The minimum atomic E-state index is 0.526. The van der Waals surface area contributed by atoms with Crippen LogP contribution in [0.4, 0.5) is 0 Å². The van der Waals surface area contributed by atoms with E-state index in [1.165, 1.54) is 32.4 Å². The Balaban J connectivity index is 1.92. The van der Waals surface area contributed by atoms with Gasteiger partial charge >= 0.3 is 0 Å². The fourth-order valence-corrected chi connectivity index (χ4v) is 2.09. The second kappa shape index (κ2) is 3.09. The predicted octanol–water partition coefficient (Wildman–Crippen LogP) is -0.0529. The van der Waals surface area contributed by atoms with Gasteiger partial charge in [-0.25, -0.2) is 0 Å². The minimum absolute atomic E-state index is 0.526. The van der Waals surface area contributed by atoms with Crippen LogP contribution in [0.15, 0.2) is 0 Å². The van der Waals surface area contributed by atoms with Gasteiger partial charge in [0.05, 0.1) is 12.3 Å². The van der Waals surface area contributed by atoms with Gasteiger partial charge in [-0.05, 0) is 32.9 Å². The average molecular weight is 155 g/mol. The lowest BCUT2D eigenvalue weighted by Gasteiger charge is -2.28. The molecule has 0 amide bonds. The molecule has 0 aromatic rings. The second-order valence-corrected chi connectivity index (χ2v) is 3.51. The Morgan fingerprint density at radius 2 is 2.36 bits per heavy atom. The second-order valence-electron chi connectivity index (χ2n) is 3.51. The molecule has 0 aromatic carbocycles. The highest BCUT2D eigenvalue weighted by molar-refractivity contribution is 4.86. The summed E-state index contributed by atoms with van der Waals surface area (Å²) in [5.41, 5.74) is 0. The molecule has 2 N–H and O–H groups in total. The molecule has 2 rings (SSSR count). The summed E-state index contributed by atoms with van der Waals surface area (Å²) in [5.74, 6) is 0. The lowest BCUT2D eigenvalue weighted by atomic mass is 10.1. The average Bonchev–Trinajstić information content (AvgIpc) is 2.46. The van der Waals surface area contributed by atoms with E-state index in [9.17, 15) is 0 Å². The third-order valence-electron chi connectivity index (χ3n) is 2.77. The molecule has 2 fully saturated rings. The Labute approximate surface area is 68.1 Å². The number of piperidine rings is 1. The van der Waals surface area contributed by atoms with E-state index >= 15 is 0 Å². The van der Waals surface area contributed by atoms with Crippen LogP contribution in [0.2, 0.25) is 0 Å². The lowest BCUT2D eigenvalue weighted by molar-refractivity contribution is 0.186. The molecular weight excluding hydrogens is 138 g/mol. The number of rotatable bonds is 1. The van der Waals surface area contributed by atoms with Crippen LogP contribution in [0.1, 0.15) is 19.3 Å². The molecule has 0 aliphatic carbocycles. The normalized spacial score (nSPS) is 39.0. The molecule has 2 atom stereocenters. The van der Waals surface area contributed by atoms with Crippen LogP contribution in [-0.4, -0.2) is 37.4 Å². The summed E-state index contributed by atoms with van der Waals surface area (Å²) in [5, 5.41) is 6.82. The topological polar surface area (TPSA) is 27.3 Å². The van der Waals surface area contributed by atoms with Crippen molar-refractivity contribution in [3.05, 3.63) is 0 Å². The van der Waals surface area contributed by atoms with Gasteiger partial charge in [0.15, 0.2) is 0 Å². The van der Waals surface area contributed by atoms with E-state index in [4.69, 9.17) is 0 Å². The maximum atomic E-state index is 3.56. The summed E-state index contributed by atoms with van der Waals surface area (Å²) in [6, 6.07) is 0. The zero-order valence-electron chi connectivity index (χ0n) is 7.14. The van der Waals surface area contributed by atoms with E-state index < -0.39 is 0 Å². The van der Waals surface area contributed by atoms with Crippen LogP contribution in [0.25, 0.3) is 0 Å². The highest BCUT2D eigenvalue weighted by atomic mass is 15.4. The molecule has 0 aromatic heterocycles. The number of hydrogen-bond donors (Lipinski definition) is 2. The molecule has 0 saturated carbocycles. The first-order valence-corrected chi connectivity index (χ1v) is 4.57. The van der Waals surface area contributed by atoms with Crippen LogP contribution in [0.5, 0.6) is 0 Å². The van der Waals surface area contributed by atoms with E-state index in [-0.39, 0.29) is 0 Å². The zero-order chi connectivity index (χ0) is 7.68. The Morgan fingerprint density at radius 1 is 1.45 bits per heavy atom. The van der Waals surface area contributed by atoms with Gasteiger partial charge in [-0.1, -0.05) is 0 Å². The quantitative estimate of drug-likeness (QED) is 0.556. The summed E-state index contributed by atoms with van der Waals surface area (Å²) in [6.45, 7) is 2.47. The van der Waals surface area contributed by atoms with E-state index in [0.29, 0.717) is 12.3 Å². The van der Waals surface area contributed by atoms with Gasteiger partial charge in [0.1, 0.15) is 0 Å². The molecule has 2 saturated heterocycles. The van der Waals surface area contributed by atoms with E-state index in [1.807, 2.05) is 7.05 Å². The Hall–Kier alpha value is -0.120. The fourth-order valence-electron chi connectivity index (χ4n) is 2.09. The van der Waals surface area contributed by atoms with Gasteiger partial charge in [0.2, 0.25) is 0 Å². The molecule has 0 radical (unpaired) electrons. The van der Waals surface area contributed by atoms with Gasteiger partial charge in [-0.3, -0.25) is 10.2 Å². The fraction of sp³-hybridized carbons (Fsp3) is 1.00. The first kappa shape index (κ1) is 7.53. The standard InChI is InChI=1S/C8H17N3/c1-9-7-6-11-5-3-2-4-8(11)10-7/h7-10H,2-6H2,1H3. The maximum absolute atomic E-state index is 3.56. The first-order chi connectivity index (χ1) is 5.40. The first-order valence-electron chi connectivity index (χ1n) is 4.57. The molecule has 0 bridgehead atoms. The van der Waals surface area contributed by atoms with Gasteiger partial charge in [-0.15, -0.1) is 0 Å². The molecule has 3 nitrogen and oxygen atoms in total. The molecule has 2 aliphatic rings. The number of fused-ring (bicyclic) bond motifs is 1. The third-order valence-corrected chi connectivity index (χ3v) is 2.77. The summed E-state index contributed by atoms with van der Waals surface area (Å²) in [7, 11) is 2.02. The Bertz CT molecular complexity index is 123. The molecular formula is C8H17N3. The number of nitrogens with one attached hydrogen (secondary N) is 2. The monoisotopic (exact) mass is 155 g/mol. The molecule has 11 heavy (non-hydrogen) atoms. The van der Waals surface area contributed by atoms with Crippen molar-refractivity contribution in [1.82, 2.24) is 15.5 Å². The van der Waals surface area contributed by atoms with Crippen molar-refractivity contribution < 1.29 is 0 Å². The minimum Gasteiger partial charge on any atom is -0.304 e. The molecule has 2 heterocycles. The van der Waals surface area contributed by atoms with Crippen molar-refractivity contribution in [2.75, 3.05) is 20.1 Å². The van der Waals surface area contributed by atoms with Crippen molar-refractivity contribution in [2.24, 2.45) is 0 Å². The predicted molar refractivity (Wildman–Crippen MR) is 45.2 cm³/mol. The summed E-state index contributed by atoms with van der Waals surface area (Å²) >= 11 is 0. The molecule has 2 aliphatic heterocycles. The van der Waals surface area contributed by atoms with E-state index in [2.05, 4.69) is 15.5 Å². The SMILES string of the molecule is CNC1CN2CCCCC2N1. The van der Waals surface area contributed by atoms with Gasteiger partial charge in [-0.2, -0.15) is 0 Å². The van der Waals surface area contributed by atoms with Crippen molar-refractivity contribution in [1.29, 1.82) is 0 Å². The van der Waals surface area contributed by atoms with Crippen LogP contribution >= 0.6 is 0 Å². The van der Waals surface area contributed by atoms with Crippen LogP contribution < -0.4 is 10.6 Å². The van der Waals surface area contributed by atoms with Gasteiger partial charge < -0.3 is 5.32 Å². The molecule has 3 heteroatoms. The van der Waals surface area contributed by atoms with Crippen molar-refractivity contribution in [2.45, 2.75) is 31.6 Å². The highest BCUT2D eigenvalue weighted by Crippen LogP contribution is 2.19. The third kappa shape index (κ3) is 1.41. The summed E-state index contributed by atoms with van der Waals surface area (Å²) < 4.78 is 0. The number of likely N-dealkylation sites (N-methyl/N-ethyl adjacent to an activating group) is 1. The Kier molecular flexibility index (Phi) is 2.11. The smallest absolute Gasteiger partial charge is 0.0713 e. The number of nitrogens with zero attached hydrogens (tertiary/aromatic N) is 1. The van der Waals surface area contributed by atoms with Gasteiger partial charge in [0, 0.05) is 6.54 Å². The van der Waals surface area contributed by atoms with Crippen molar-refractivity contribution >= 4 is 0 Å². The van der Waals surface area contributed by atoms with Crippen LogP contribution in [-0.2, 0) is 0 Å². The van der Waals surface area contributed by atoms with E-state index in [1.54, 1.807) is 0 Å². The van der Waals surface area contributed by atoms with E-state index in [0.717, 1.165) is 0 Å². The van der Waals surface area contributed by atoms with Crippen LogP contribution in [0.3, 0.4) is 0 Å². The van der Waals surface area contributed by atoms with Gasteiger partial charge in [0.25, 0.3) is 0 Å². The summed E-state index contributed by atoms with van der Waals surface area (Å²) in [6.07, 6.45) is 5.30. The van der Waals surface area contributed by atoms with Crippen molar-refractivity contribution in [3.63, 3.8) is 0 Å². The van der Waals surface area contributed by atoms with Crippen molar-refractivity contribution in [3.8, 4) is 0 Å². The zero-order valence-corrected chi connectivity index (χ0v) is 7.14. The Morgan fingerprint density at radius 3 is 3.09 bits per heavy atom. The van der Waals surface area contributed by atoms with Crippen LogP contribution in [0, 0.1) is 0 Å². The maximum Gasteiger partial charge on any atom is 0.0713 e. The summed E-state index contributed by atoms with van der Waals surface area (Å²) in [4.78, 5) is 2.55. The largest absolute Gasteiger partial charge is 0.304 e. The highest BCUT2D eigenvalue weighted by Gasteiger charge is 2.31. The lowest BCUT2D eigenvalue weighted by Crippen LogP contribution is -2.41. The number of hydrogen-bond acceptors (Lipinski definition) is 3. The molecule has 0 spiro atoms.